The van der Waals surface area contributed by atoms with Gasteiger partial charge in [0.05, 0.1) is 31.3 Å². The molecule has 0 fully saturated rings. The van der Waals surface area contributed by atoms with Gasteiger partial charge in [-0.05, 0) is 62.1 Å². The lowest BCUT2D eigenvalue weighted by atomic mass is 9.97. The zero-order valence-electron chi connectivity index (χ0n) is 44.5. The molecule has 1 rings (SSSR count). The molecule has 0 aliphatic heterocycles. The maximum Gasteiger partial charge on any atom is 0.326 e. The van der Waals surface area contributed by atoms with E-state index in [1.165, 1.54) is 39.8 Å². The summed E-state index contributed by atoms with van der Waals surface area (Å²) in [5.74, 6) is -17.1. The molecular formula is C48H76N10O19S. The van der Waals surface area contributed by atoms with Crippen LogP contribution >= 0.6 is 12.6 Å². The first-order chi connectivity index (χ1) is 36.3. The Bertz CT molecular complexity index is 2270. The number of aliphatic hydroxyl groups is 3. The molecule has 0 bridgehead atoms. The van der Waals surface area contributed by atoms with E-state index in [0.29, 0.717) is 12.0 Å². The van der Waals surface area contributed by atoms with E-state index in [2.05, 4.69) is 55.2 Å². The molecule has 0 aliphatic carbocycles. The van der Waals surface area contributed by atoms with Crippen LogP contribution in [0.1, 0.15) is 86.6 Å². The largest absolute Gasteiger partial charge is 0.508 e. The predicted molar refractivity (Wildman–Crippen MR) is 277 cm³/mol. The van der Waals surface area contributed by atoms with Gasteiger partial charge in [-0.15, -0.1) is 0 Å². The summed E-state index contributed by atoms with van der Waals surface area (Å²) in [4.78, 5) is 157. The number of aliphatic carboxylic acids is 3. The number of carbonyl (C=O) groups excluding carboxylic acids is 9. The van der Waals surface area contributed by atoms with E-state index in [1.54, 1.807) is 26.0 Å². The topological polar surface area (TPSA) is 481 Å². The molecule has 1 aromatic carbocycles. The molecule has 29 nitrogen and oxygen atoms in total. The molecule has 0 heterocycles. The number of aromatic hydroxyl groups is 1. The Hall–Kier alpha value is -7.15. The molecule has 18 N–H and O–H groups in total. The van der Waals surface area contributed by atoms with Gasteiger partial charge in [-0.3, -0.25) is 52.7 Å². The molecule has 0 unspecified atom stereocenters. The second kappa shape index (κ2) is 33.2. The third-order valence-electron chi connectivity index (χ3n) is 12.0. The third kappa shape index (κ3) is 22.8. The minimum Gasteiger partial charge on any atom is -0.508 e. The minimum atomic E-state index is -2.12. The molecule has 438 valence electrons. The zero-order valence-corrected chi connectivity index (χ0v) is 45.4. The fourth-order valence-electron chi connectivity index (χ4n) is 7.17. The molecule has 0 saturated carbocycles. The van der Waals surface area contributed by atoms with E-state index in [0.717, 1.165) is 13.8 Å². The van der Waals surface area contributed by atoms with Crippen LogP contribution in [0.15, 0.2) is 24.3 Å². The van der Waals surface area contributed by atoms with E-state index in [4.69, 9.17) is 5.73 Å². The smallest absolute Gasteiger partial charge is 0.326 e. The molecule has 78 heavy (non-hydrogen) atoms. The van der Waals surface area contributed by atoms with E-state index in [-0.39, 0.29) is 12.2 Å². The number of rotatable bonds is 34. The van der Waals surface area contributed by atoms with Crippen molar-refractivity contribution in [2.24, 2.45) is 23.5 Å². The van der Waals surface area contributed by atoms with Crippen LogP contribution in [0.2, 0.25) is 0 Å². The minimum absolute atomic E-state index is 0.00868. The first kappa shape index (κ1) is 68.9. The lowest BCUT2D eigenvalue weighted by Crippen LogP contribution is -2.63. The number of thiol groups is 1. The predicted octanol–water partition coefficient (Wildman–Crippen LogP) is -4.91. The Labute approximate surface area is 455 Å². The molecule has 13 atom stereocenters. The number of amides is 9. The van der Waals surface area contributed by atoms with Gasteiger partial charge in [-0.2, -0.15) is 12.6 Å². The summed E-state index contributed by atoms with van der Waals surface area (Å²) in [6.07, 6.45) is -5.70. The molecule has 0 radical (unpaired) electrons. The van der Waals surface area contributed by atoms with Gasteiger partial charge in [0.25, 0.3) is 0 Å². The van der Waals surface area contributed by atoms with E-state index in [9.17, 15) is 93.3 Å². The number of hydrogen-bond acceptors (Lipinski definition) is 18. The van der Waals surface area contributed by atoms with Gasteiger partial charge in [-0.1, -0.05) is 60.1 Å². The molecule has 0 spiro atoms. The molecule has 30 heteroatoms. The molecule has 9 amide bonds. The first-order valence-electron chi connectivity index (χ1n) is 24.8. The van der Waals surface area contributed by atoms with Crippen LogP contribution < -0.4 is 53.6 Å². The highest BCUT2D eigenvalue weighted by molar-refractivity contribution is 7.80. The number of benzene rings is 1. The van der Waals surface area contributed by atoms with E-state index in [1.807, 2.05) is 5.32 Å². The van der Waals surface area contributed by atoms with Crippen molar-refractivity contribution < 1.29 is 93.3 Å². The highest BCUT2D eigenvalue weighted by Gasteiger charge is 2.38. The summed E-state index contributed by atoms with van der Waals surface area (Å²) in [5.41, 5.74) is 6.72. The number of hydrogen-bond donors (Lipinski definition) is 18. The van der Waals surface area contributed by atoms with Crippen LogP contribution in [0.3, 0.4) is 0 Å². The van der Waals surface area contributed by atoms with Gasteiger partial charge < -0.3 is 89.3 Å². The Balaban J connectivity index is 3.30. The zero-order chi connectivity index (χ0) is 59.9. The Morgan fingerprint density at radius 2 is 0.910 bits per heavy atom. The van der Waals surface area contributed by atoms with Crippen molar-refractivity contribution in [3.05, 3.63) is 29.8 Å². The number of carbonyl (C=O) groups is 12. The number of carboxylic acids is 3. The maximum atomic E-state index is 13.8. The van der Waals surface area contributed by atoms with Crippen molar-refractivity contribution in [2.75, 3.05) is 12.4 Å². The number of carboxylic acid groups (broad SMARTS) is 3. The van der Waals surface area contributed by atoms with Gasteiger partial charge in [-0.25, -0.2) is 4.79 Å². The Morgan fingerprint density at radius 3 is 1.37 bits per heavy atom. The number of phenols is 1. The van der Waals surface area contributed by atoms with Crippen molar-refractivity contribution in [2.45, 2.75) is 160 Å². The fourth-order valence-corrected chi connectivity index (χ4v) is 7.43. The summed E-state index contributed by atoms with van der Waals surface area (Å²) in [7, 11) is 0. The van der Waals surface area contributed by atoms with Crippen LogP contribution in [0.5, 0.6) is 5.75 Å². The summed E-state index contributed by atoms with van der Waals surface area (Å²) in [6.45, 7) is 10.2. The quantitative estimate of drug-likeness (QED) is 0.0288. The molecular weight excluding hydrogens is 1050 g/mol. The molecule has 0 aliphatic rings. The monoisotopic (exact) mass is 1130 g/mol. The Morgan fingerprint density at radius 1 is 0.513 bits per heavy atom. The number of phenolic OH excluding ortho intramolecular Hbond substituents is 1. The lowest BCUT2D eigenvalue weighted by molar-refractivity contribution is -0.144. The van der Waals surface area contributed by atoms with Gasteiger partial charge >= 0.3 is 17.9 Å². The summed E-state index contributed by atoms with van der Waals surface area (Å²) >= 11 is 4.14. The van der Waals surface area contributed by atoms with Crippen LogP contribution in [-0.2, 0) is 64.0 Å². The second-order valence-electron chi connectivity index (χ2n) is 19.2. The summed E-state index contributed by atoms with van der Waals surface area (Å²) in [6, 6.07) is -10.7. The summed E-state index contributed by atoms with van der Waals surface area (Å²) in [5, 5.41) is 89.4. The van der Waals surface area contributed by atoms with Crippen molar-refractivity contribution >= 4 is 83.7 Å². The van der Waals surface area contributed by atoms with Crippen LogP contribution in [0.4, 0.5) is 0 Å². The number of nitrogens with two attached hydrogens (primary N) is 1. The molecule has 0 saturated heterocycles. The second-order valence-corrected chi connectivity index (χ2v) is 19.6. The third-order valence-corrected chi connectivity index (χ3v) is 12.4. The van der Waals surface area contributed by atoms with Crippen LogP contribution in [-0.4, -0.2) is 192 Å². The number of nitrogens with one attached hydrogen (secondary N) is 9. The first-order valence-corrected chi connectivity index (χ1v) is 25.4. The fraction of sp³-hybridized carbons (Fsp3) is 0.625. The van der Waals surface area contributed by atoms with E-state index < -0.39 is 193 Å². The van der Waals surface area contributed by atoms with Crippen molar-refractivity contribution in [1.82, 2.24) is 47.9 Å². The number of aliphatic hydroxyl groups excluding tert-OH is 3. The highest BCUT2D eigenvalue weighted by atomic mass is 32.1. The average Bonchev–Trinajstić information content (AvgIpc) is 3.35. The van der Waals surface area contributed by atoms with E-state index >= 15 is 0 Å². The Kier molecular flexibility index (Phi) is 29.3. The molecule has 0 aromatic heterocycles. The normalized spacial score (nSPS) is 16.2. The van der Waals surface area contributed by atoms with Crippen LogP contribution in [0.25, 0.3) is 0 Å². The van der Waals surface area contributed by atoms with Gasteiger partial charge in [0.2, 0.25) is 53.2 Å². The van der Waals surface area contributed by atoms with Gasteiger partial charge in [0.15, 0.2) is 0 Å². The van der Waals surface area contributed by atoms with Crippen molar-refractivity contribution in [3.63, 3.8) is 0 Å². The van der Waals surface area contributed by atoms with Crippen molar-refractivity contribution in [3.8, 4) is 5.75 Å². The standard InChI is InChI=1S/C48H76N10O19S/c1-9-22(6)36(56-39(67)27(49)16-25-10-12-26(62)13-11-25)45(73)53-31(19-78)43(71)50-28(14-15-32(63)64)40(68)51-29(17-33(65)66)41(69)57-37(23(7)60)46(74)52-30(18-59)42(70)54-34(20(2)3)44(72)58-38(24(8)61)47(75)55-35(21(4)5)48(76)77/h10-13,20-24,27-31,34-38,59-62,78H,9,14-19,49H2,1-8H3,(H,50,71)(H,51,68)(H,52,74)(H,53,73)(H,54,70)(H,55,75)(H,56,67)(H,57,69)(H,58,72)(H,63,64)(H,65,66)(H,76,77)/t22-,23+,24+,27-,28-,29-,30-,31-,34-,35-,36-,37-,38-/m0/s1. The van der Waals surface area contributed by atoms with Gasteiger partial charge in [0.1, 0.15) is 60.1 Å². The maximum absolute atomic E-state index is 13.8. The average molecular weight is 1130 g/mol. The van der Waals surface area contributed by atoms with Crippen LogP contribution in [0, 0.1) is 17.8 Å². The lowest BCUT2D eigenvalue weighted by Gasteiger charge is -2.29. The summed E-state index contributed by atoms with van der Waals surface area (Å²) < 4.78 is 0. The SMILES string of the molecule is CC[C@H](C)[C@H](NC(=O)[C@@H](N)Cc1ccc(O)cc1)C(=O)N[C@@H](CS)C(=O)N[C@@H](CCC(=O)O)C(=O)N[C@@H](CC(=O)O)C(=O)N[C@H](C(=O)N[C@@H](CO)C(=O)N[C@H](C(=O)N[C@H](C(=O)N[C@H](C(=O)O)C(C)C)[C@@H](C)O)C(C)C)[C@@H](C)O. The van der Waals surface area contributed by atoms with Crippen molar-refractivity contribution in [1.29, 1.82) is 0 Å². The highest BCUT2D eigenvalue weighted by Crippen LogP contribution is 2.14. The van der Waals surface area contributed by atoms with Gasteiger partial charge in [0, 0.05) is 12.2 Å². The molecule has 1 aromatic rings.